The first-order valence-corrected chi connectivity index (χ1v) is 7.03. The number of nitrogens with zero attached hydrogens (tertiary/aromatic N) is 2. The summed E-state index contributed by atoms with van der Waals surface area (Å²) < 4.78 is 0. The fourth-order valence-electron chi connectivity index (χ4n) is 1.96. The molecule has 0 aromatic carbocycles. The maximum absolute atomic E-state index is 4.25. The average molecular weight is 239 g/mol. The lowest BCUT2D eigenvalue weighted by Gasteiger charge is -2.19. The lowest BCUT2D eigenvalue weighted by atomic mass is 10.4. The molecule has 0 aliphatic heterocycles. The van der Waals surface area contributed by atoms with E-state index >= 15 is 0 Å². The van der Waals surface area contributed by atoms with Crippen LogP contribution >= 0.6 is 11.3 Å². The van der Waals surface area contributed by atoms with Crippen LogP contribution in [0.1, 0.15) is 30.3 Å². The third kappa shape index (κ3) is 3.27. The summed E-state index contributed by atoms with van der Waals surface area (Å²) in [5, 5.41) is 3.50. The van der Waals surface area contributed by atoms with Crippen LogP contribution in [0.5, 0.6) is 0 Å². The quantitative estimate of drug-likeness (QED) is 0.738. The lowest BCUT2D eigenvalue weighted by molar-refractivity contribution is 0.277. The minimum Gasteiger partial charge on any atom is -0.311 e. The van der Waals surface area contributed by atoms with E-state index in [0.717, 1.165) is 19.1 Å². The van der Waals surface area contributed by atoms with Crippen molar-refractivity contribution in [2.24, 2.45) is 0 Å². The molecule has 1 aromatic heterocycles. The number of rotatable bonds is 7. The number of nitrogens with one attached hydrogen (secondary N) is 1. The van der Waals surface area contributed by atoms with Gasteiger partial charge in [-0.05, 0) is 26.3 Å². The van der Waals surface area contributed by atoms with E-state index in [4.69, 9.17) is 0 Å². The van der Waals surface area contributed by atoms with Crippen molar-refractivity contribution in [2.75, 3.05) is 19.6 Å². The second kappa shape index (κ2) is 5.75. The van der Waals surface area contributed by atoms with Crippen molar-refractivity contribution < 1.29 is 0 Å². The zero-order valence-electron chi connectivity index (χ0n) is 10.2. The highest BCUT2D eigenvalue weighted by atomic mass is 32.1. The third-order valence-corrected chi connectivity index (χ3v) is 4.11. The first-order valence-electron chi connectivity index (χ1n) is 6.15. The Morgan fingerprint density at radius 1 is 1.56 bits per heavy atom. The fraction of sp³-hybridized carbons (Fsp3) is 0.750. The van der Waals surface area contributed by atoms with Gasteiger partial charge < -0.3 is 5.32 Å². The maximum Gasteiger partial charge on any atom is 0.0798 e. The van der Waals surface area contributed by atoms with Crippen molar-refractivity contribution in [1.29, 1.82) is 0 Å². The lowest BCUT2D eigenvalue weighted by Crippen LogP contribution is -2.33. The van der Waals surface area contributed by atoms with E-state index in [9.17, 15) is 0 Å². The van der Waals surface area contributed by atoms with Crippen molar-refractivity contribution in [2.45, 2.75) is 39.3 Å². The Bertz CT molecular complexity index is 320. The van der Waals surface area contributed by atoms with Gasteiger partial charge in [0.25, 0.3) is 0 Å². The van der Waals surface area contributed by atoms with Crippen LogP contribution in [0.4, 0.5) is 0 Å². The first-order chi connectivity index (χ1) is 7.81. The van der Waals surface area contributed by atoms with Crippen LogP contribution in [-0.4, -0.2) is 35.6 Å². The Labute approximate surface area is 102 Å². The number of hydrogen-bond donors (Lipinski definition) is 1. The maximum atomic E-state index is 4.25. The summed E-state index contributed by atoms with van der Waals surface area (Å²) in [7, 11) is 0. The molecule has 0 spiro atoms. The molecule has 1 aliphatic carbocycles. The minimum atomic E-state index is 0.886. The van der Waals surface area contributed by atoms with Gasteiger partial charge in [-0.15, -0.1) is 11.3 Å². The zero-order valence-corrected chi connectivity index (χ0v) is 11.0. The molecule has 1 saturated carbocycles. The molecule has 1 fully saturated rings. The van der Waals surface area contributed by atoms with Gasteiger partial charge in [0.15, 0.2) is 0 Å². The highest BCUT2D eigenvalue weighted by molar-refractivity contribution is 7.09. The van der Waals surface area contributed by atoms with Crippen LogP contribution in [0.15, 0.2) is 5.51 Å². The molecular weight excluding hydrogens is 218 g/mol. The topological polar surface area (TPSA) is 28.2 Å². The van der Waals surface area contributed by atoms with Gasteiger partial charge >= 0.3 is 0 Å². The van der Waals surface area contributed by atoms with Gasteiger partial charge in [-0.2, -0.15) is 0 Å². The summed E-state index contributed by atoms with van der Waals surface area (Å²) >= 11 is 1.75. The molecule has 4 heteroatoms. The molecule has 0 amide bonds. The Hall–Kier alpha value is -0.450. The van der Waals surface area contributed by atoms with Gasteiger partial charge in [0.05, 0.1) is 11.2 Å². The molecule has 1 aromatic rings. The van der Waals surface area contributed by atoms with E-state index in [1.807, 2.05) is 5.51 Å². The van der Waals surface area contributed by atoms with Gasteiger partial charge in [-0.3, -0.25) is 4.90 Å². The second-order valence-corrected chi connectivity index (χ2v) is 5.34. The molecule has 1 aliphatic rings. The summed E-state index contributed by atoms with van der Waals surface area (Å²) in [5.74, 6) is 0. The van der Waals surface area contributed by atoms with Crippen molar-refractivity contribution in [3.05, 3.63) is 16.1 Å². The number of thiazole rings is 1. The highest BCUT2D eigenvalue weighted by Gasteiger charge is 2.26. The normalized spacial score (nSPS) is 15.9. The Kier molecular flexibility index (Phi) is 4.32. The molecule has 0 unspecified atom stereocenters. The molecule has 1 N–H and O–H groups in total. The van der Waals surface area contributed by atoms with Crippen LogP contribution in [0.2, 0.25) is 0 Å². The molecule has 16 heavy (non-hydrogen) atoms. The smallest absolute Gasteiger partial charge is 0.0798 e. The standard InChI is InChI=1S/C12H21N3S/c1-3-15(11-4-5-11)7-6-13-8-12-10(2)14-9-16-12/h9,11,13H,3-8H2,1-2H3. The van der Waals surface area contributed by atoms with Crippen LogP contribution in [0, 0.1) is 6.92 Å². The van der Waals surface area contributed by atoms with Crippen molar-refractivity contribution in [1.82, 2.24) is 15.2 Å². The summed E-state index contributed by atoms with van der Waals surface area (Å²) in [6.07, 6.45) is 2.81. The fourth-order valence-corrected chi connectivity index (χ4v) is 2.71. The zero-order chi connectivity index (χ0) is 11.4. The molecule has 1 heterocycles. The molecule has 3 nitrogen and oxygen atoms in total. The minimum absolute atomic E-state index is 0.886. The van der Waals surface area contributed by atoms with E-state index in [1.165, 1.54) is 36.5 Å². The largest absolute Gasteiger partial charge is 0.311 e. The molecular formula is C12H21N3S. The van der Waals surface area contributed by atoms with Crippen LogP contribution in [-0.2, 0) is 6.54 Å². The van der Waals surface area contributed by atoms with Crippen molar-refractivity contribution in [3.8, 4) is 0 Å². The molecule has 0 saturated heterocycles. The molecule has 0 bridgehead atoms. The van der Waals surface area contributed by atoms with Gasteiger partial charge in [-0.25, -0.2) is 4.98 Å². The van der Waals surface area contributed by atoms with Crippen molar-refractivity contribution >= 4 is 11.3 Å². The highest BCUT2D eigenvalue weighted by Crippen LogP contribution is 2.25. The van der Waals surface area contributed by atoms with Gasteiger partial charge in [0, 0.05) is 30.6 Å². The predicted molar refractivity (Wildman–Crippen MR) is 68.8 cm³/mol. The molecule has 0 radical (unpaired) electrons. The number of aryl methyl sites for hydroxylation is 1. The van der Waals surface area contributed by atoms with Crippen LogP contribution < -0.4 is 5.32 Å². The summed E-state index contributed by atoms with van der Waals surface area (Å²) in [6, 6.07) is 0.886. The first kappa shape index (κ1) is 12.0. The average Bonchev–Trinajstić information content (AvgIpc) is 3.04. The van der Waals surface area contributed by atoms with Gasteiger partial charge in [0.2, 0.25) is 0 Å². The molecule has 0 atom stereocenters. The van der Waals surface area contributed by atoms with E-state index in [-0.39, 0.29) is 0 Å². The monoisotopic (exact) mass is 239 g/mol. The third-order valence-electron chi connectivity index (χ3n) is 3.18. The molecule has 2 rings (SSSR count). The van der Waals surface area contributed by atoms with E-state index in [1.54, 1.807) is 11.3 Å². The summed E-state index contributed by atoms with van der Waals surface area (Å²) in [5.41, 5.74) is 3.10. The van der Waals surface area contributed by atoms with Gasteiger partial charge in [0.1, 0.15) is 0 Å². The van der Waals surface area contributed by atoms with E-state index in [0.29, 0.717) is 0 Å². The van der Waals surface area contributed by atoms with E-state index < -0.39 is 0 Å². The number of aromatic nitrogens is 1. The van der Waals surface area contributed by atoms with Crippen LogP contribution in [0.3, 0.4) is 0 Å². The van der Waals surface area contributed by atoms with E-state index in [2.05, 4.69) is 29.0 Å². The molecule has 90 valence electrons. The van der Waals surface area contributed by atoms with Crippen molar-refractivity contribution in [3.63, 3.8) is 0 Å². The summed E-state index contributed by atoms with van der Waals surface area (Å²) in [4.78, 5) is 8.20. The number of likely N-dealkylation sites (N-methyl/N-ethyl adjacent to an activating group) is 1. The Morgan fingerprint density at radius 2 is 2.38 bits per heavy atom. The SMILES string of the molecule is CCN(CCNCc1scnc1C)C1CC1. The number of hydrogen-bond acceptors (Lipinski definition) is 4. The Balaban J connectivity index is 1.62. The van der Waals surface area contributed by atoms with Gasteiger partial charge in [-0.1, -0.05) is 6.92 Å². The second-order valence-electron chi connectivity index (χ2n) is 4.40. The van der Waals surface area contributed by atoms with Crippen LogP contribution in [0.25, 0.3) is 0 Å². The predicted octanol–water partition coefficient (Wildman–Crippen LogP) is 2.03. The summed E-state index contributed by atoms with van der Waals surface area (Å²) in [6.45, 7) is 8.76. The Morgan fingerprint density at radius 3 is 2.94 bits per heavy atom.